The number of hydrogen-bond donors (Lipinski definition) is 1. The fourth-order valence-corrected chi connectivity index (χ4v) is 2.87. The topological polar surface area (TPSA) is 66.8 Å². The number of carboxylic acid groups (broad SMARTS) is 1. The minimum atomic E-state index is -0.968. The molecule has 3 unspecified atom stereocenters. The van der Waals surface area contributed by atoms with E-state index in [0.29, 0.717) is 18.8 Å². The van der Waals surface area contributed by atoms with Crippen molar-refractivity contribution in [3.63, 3.8) is 0 Å². The van der Waals surface area contributed by atoms with Crippen LogP contribution in [0, 0.1) is 11.3 Å². The third-order valence-corrected chi connectivity index (χ3v) is 4.30. The number of nitrogens with zero attached hydrogens (tertiary/aromatic N) is 1. The molecule has 0 aromatic carbocycles. The van der Waals surface area contributed by atoms with Crippen molar-refractivity contribution in [3.8, 4) is 0 Å². The van der Waals surface area contributed by atoms with E-state index in [1.165, 1.54) is 0 Å². The standard InChI is InChI=1S/C14H23NO4/c1-14(2,3)9-6-7-15(8-9)12(16)10-4-5-11(19-10)13(17)18/h9-11H,4-8H2,1-3H3,(H,17,18). The van der Waals surface area contributed by atoms with Crippen molar-refractivity contribution < 1.29 is 19.4 Å². The fourth-order valence-electron chi connectivity index (χ4n) is 2.87. The predicted octanol–water partition coefficient (Wildman–Crippen LogP) is 1.51. The van der Waals surface area contributed by atoms with E-state index in [0.717, 1.165) is 19.5 Å². The molecule has 0 radical (unpaired) electrons. The minimum absolute atomic E-state index is 0.0319. The lowest BCUT2D eigenvalue weighted by atomic mass is 9.80. The number of carbonyl (C=O) groups is 2. The molecule has 3 atom stereocenters. The van der Waals surface area contributed by atoms with Gasteiger partial charge in [-0.2, -0.15) is 0 Å². The van der Waals surface area contributed by atoms with Gasteiger partial charge in [0.25, 0.3) is 5.91 Å². The SMILES string of the molecule is CC(C)(C)C1CCN(C(=O)C2CCC(C(=O)O)O2)C1. The van der Waals surface area contributed by atoms with Gasteiger partial charge in [-0.15, -0.1) is 0 Å². The van der Waals surface area contributed by atoms with Gasteiger partial charge in [0.1, 0.15) is 6.10 Å². The van der Waals surface area contributed by atoms with Gasteiger partial charge in [0.15, 0.2) is 6.10 Å². The van der Waals surface area contributed by atoms with Gasteiger partial charge in [-0.25, -0.2) is 4.79 Å². The predicted molar refractivity (Wildman–Crippen MR) is 69.7 cm³/mol. The molecule has 5 heteroatoms. The van der Waals surface area contributed by atoms with E-state index in [2.05, 4.69) is 20.8 Å². The van der Waals surface area contributed by atoms with Crippen LogP contribution in [0.5, 0.6) is 0 Å². The zero-order chi connectivity index (χ0) is 14.2. The van der Waals surface area contributed by atoms with Gasteiger partial charge in [0.2, 0.25) is 0 Å². The van der Waals surface area contributed by atoms with Crippen molar-refractivity contribution >= 4 is 11.9 Å². The van der Waals surface area contributed by atoms with Crippen LogP contribution in [0.3, 0.4) is 0 Å². The van der Waals surface area contributed by atoms with Crippen LogP contribution in [0.25, 0.3) is 0 Å². The van der Waals surface area contributed by atoms with Crippen LogP contribution >= 0.6 is 0 Å². The summed E-state index contributed by atoms with van der Waals surface area (Å²) in [6.45, 7) is 8.10. The quantitative estimate of drug-likeness (QED) is 0.825. The van der Waals surface area contributed by atoms with Crippen molar-refractivity contribution in [3.05, 3.63) is 0 Å². The summed E-state index contributed by atoms with van der Waals surface area (Å²) in [7, 11) is 0. The van der Waals surface area contributed by atoms with Crippen molar-refractivity contribution in [1.82, 2.24) is 4.90 Å². The minimum Gasteiger partial charge on any atom is -0.479 e. The molecule has 2 rings (SSSR count). The average molecular weight is 269 g/mol. The monoisotopic (exact) mass is 269 g/mol. The summed E-state index contributed by atoms with van der Waals surface area (Å²) in [5.74, 6) is -0.493. The van der Waals surface area contributed by atoms with Crippen molar-refractivity contribution in [1.29, 1.82) is 0 Å². The van der Waals surface area contributed by atoms with Crippen LogP contribution in [0.2, 0.25) is 0 Å². The first-order valence-electron chi connectivity index (χ1n) is 6.96. The number of rotatable bonds is 2. The normalized spacial score (nSPS) is 31.7. The Hall–Kier alpha value is -1.10. The molecule has 0 saturated carbocycles. The van der Waals surface area contributed by atoms with Crippen molar-refractivity contribution in [2.24, 2.45) is 11.3 Å². The van der Waals surface area contributed by atoms with Crippen LogP contribution < -0.4 is 0 Å². The Bertz CT molecular complexity index is 374. The molecule has 19 heavy (non-hydrogen) atoms. The molecule has 2 saturated heterocycles. The maximum Gasteiger partial charge on any atom is 0.332 e. The number of ether oxygens (including phenoxy) is 1. The van der Waals surface area contributed by atoms with Crippen LogP contribution in [-0.4, -0.2) is 47.2 Å². The molecule has 1 N–H and O–H groups in total. The number of carbonyl (C=O) groups excluding carboxylic acids is 1. The molecule has 2 heterocycles. The van der Waals surface area contributed by atoms with Crippen molar-refractivity contribution in [2.45, 2.75) is 52.2 Å². The molecule has 2 fully saturated rings. The smallest absolute Gasteiger partial charge is 0.332 e. The molecule has 0 spiro atoms. The second kappa shape index (κ2) is 5.12. The number of hydrogen-bond acceptors (Lipinski definition) is 3. The maximum atomic E-state index is 12.3. The molecule has 1 amide bonds. The van der Waals surface area contributed by atoms with E-state index < -0.39 is 18.2 Å². The summed E-state index contributed by atoms with van der Waals surface area (Å²) >= 11 is 0. The Balaban J connectivity index is 1.90. The first-order valence-corrected chi connectivity index (χ1v) is 6.96. The van der Waals surface area contributed by atoms with Crippen LogP contribution in [-0.2, 0) is 14.3 Å². The average Bonchev–Trinajstić information content (AvgIpc) is 2.97. The first kappa shape index (κ1) is 14.3. The molecular formula is C14H23NO4. The number of carboxylic acids is 1. The molecule has 108 valence electrons. The van der Waals surface area contributed by atoms with Gasteiger partial charge < -0.3 is 14.7 Å². The molecule has 2 aliphatic heterocycles. The van der Waals surface area contributed by atoms with E-state index in [-0.39, 0.29) is 11.3 Å². The zero-order valence-corrected chi connectivity index (χ0v) is 11.9. The Morgan fingerprint density at radius 3 is 2.26 bits per heavy atom. The highest BCUT2D eigenvalue weighted by Crippen LogP contribution is 2.34. The van der Waals surface area contributed by atoms with E-state index in [4.69, 9.17) is 9.84 Å². The Kier molecular flexibility index (Phi) is 3.85. The molecule has 0 aromatic rings. The van der Waals surface area contributed by atoms with E-state index in [1.807, 2.05) is 4.90 Å². The zero-order valence-electron chi connectivity index (χ0n) is 11.9. The molecule has 0 aliphatic carbocycles. The van der Waals surface area contributed by atoms with Crippen LogP contribution in [0.15, 0.2) is 0 Å². The summed E-state index contributed by atoms with van der Waals surface area (Å²) in [6, 6.07) is 0. The highest BCUT2D eigenvalue weighted by molar-refractivity contribution is 5.83. The van der Waals surface area contributed by atoms with Crippen LogP contribution in [0.4, 0.5) is 0 Å². The number of aliphatic carboxylic acids is 1. The van der Waals surface area contributed by atoms with Crippen LogP contribution in [0.1, 0.15) is 40.0 Å². The summed E-state index contributed by atoms with van der Waals surface area (Å²) in [6.07, 6.45) is 0.605. The summed E-state index contributed by atoms with van der Waals surface area (Å²) < 4.78 is 5.33. The van der Waals surface area contributed by atoms with Gasteiger partial charge in [0, 0.05) is 13.1 Å². The molecule has 0 bridgehead atoms. The molecule has 5 nitrogen and oxygen atoms in total. The number of likely N-dealkylation sites (tertiary alicyclic amines) is 1. The summed E-state index contributed by atoms with van der Waals surface area (Å²) in [5, 5.41) is 8.88. The summed E-state index contributed by atoms with van der Waals surface area (Å²) in [5.41, 5.74) is 0.204. The Morgan fingerprint density at radius 1 is 1.16 bits per heavy atom. The van der Waals surface area contributed by atoms with E-state index in [1.54, 1.807) is 0 Å². The molecule has 2 aliphatic rings. The molecule has 0 aromatic heterocycles. The Labute approximate surface area is 113 Å². The van der Waals surface area contributed by atoms with Gasteiger partial charge in [-0.3, -0.25) is 4.79 Å². The molecular weight excluding hydrogens is 246 g/mol. The Morgan fingerprint density at radius 2 is 1.79 bits per heavy atom. The summed E-state index contributed by atoms with van der Waals surface area (Å²) in [4.78, 5) is 25.0. The fraction of sp³-hybridized carbons (Fsp3) is 0.857. The third kappa shape index (κ3) is 3.08. The van der Waals surface area contributed by atoms with E-state index >= 15 is 0 Å². The van der Waals surface area contributed by atoms with Gasteiger partial charge in [-0.05, 0) is 30.6 Å². The van der Waals surface area contributed by atoms with Gasteiger partial charge >= 0.3 is 5.97 Å². The lowest BCUT2D eigenvalue weighted by molar-refractivity contribution is -0.154. The second-order valence-electron chi connectivity index (χ2n) is 6.66. The van der Waals surface area contributed by atoms with Gasteiger partial charge in [-0.1, -0.05) is 20.8 Å². The highest BCUT2D eigenvalue weighted by atomic mass is 16.5. The third-order valence-electron chi connectivity index (χ3n) is 4.30. The largest absolute Gasteiger partial charge is 0.479 e. The lowest BCUT2D eigenvalue weighted by Gasteiger charge is -2.27. The first-order chi connectivity index (χ1) is 8.79. The second-order valence-corrected chi connectivity index (χ2v) is 6.66. The maximum absolute atomic E-state index is 12.3. The van der Waals surface area contributed by atoms with Crippen molar-refractivity contribution in [2.75, 3.05) is 13.1 Å². The highest BCUT2D eigenvalue weighted by Gasteiger charge is 2.40. The number of amides is 1. The van der Waals surface area contributed by atoms with E-state index in [9.17, 15) is 9.59 Å². The van der Waals surface area contributed by atoms with Gasteiger partial charge in [0.05, 0.1) is 0 Å². The lowest BCUT2D eigenvalue weighted by Crippen LogP contribution is -2.39.